The Morgan fingerprint density at radius 3 is 2.18 bits per heavy atom. The Hall–Kier alpha value is -1.15. The number of esters is 1. The fraction of sp³-hybridized carbons (Fsp3) is 0.778. The Morgan fingerprint density at radius 1 is 1.35 bits per heavy atom. The van der Waals surface area contributed by atoms with Crippen LogP contribution in [0.25, 0.3) is 0 Å². The first-order valence-corrected chi connectivity index (χ1v) is 6.67. The van der Waals surface area contributed by atoms with Crippen LogP contribution in [0.1, 0.15) is 6.92 Å². The van der Waals surface area contributed by atoms with Crippen molar-refractivity contribution in [1.29, 1.82) is 0 Å². The molecular formula is C9H14O7S. The molecule has 98 valence electrons. The normalized spacial score (nSPS) is 30.5. The van der Waals surface area contributed by atoms with Crippen molar-refractivity contribution in [2.75, 3.05) is 18.6 Å². The van der Waals surface area contributed by atoms with E-state index in [1.807, 2.05) is 0 Å². The molecule has 3 atom stereocenters. The Balaban J connectivity index is 3.18. The van der Waals surface area contributed by atoms with Crippen LogP contribution < -0.4 is 0 Å². The predicted octanol–water partition coefficient (Wildman–Crippen LogP) is -1.34. The summed E-state index contributed by atoms with van der Waals surface area (Å²) >= 11 is 0. The number of carboxylic acids is 1. The zero-order valence-corrected chi connectivity index (χ0v) is 10.2. The first-order chi connectivity index (χ1) is 7.65. The molecule has 3 unspecified atom stereocenters. The van der Waals surface area contributed by atoms with Gasteiger partial charge in [-0.1, -0.05) is 0 Å². The zero-order valence-electron chi connectivity index (χ0n) is 9.41. The Bertz CT molecular complexity index is 440. The molecule has 1 rings (SSSR count). The molecule has 0 aromatic carbocycles. The Kier molecular flexibility index (Phi) is 3.49. The van der Waals surface area contributed by atoms with Gasteiger partial charge in [-0.05, 0) is 6.92 Å². The van der Waals surface area contributed by atoms with Crippen molar-refractivity contribution in [2.45, 2.75) is 13.0 Å². The molecule has 0 spiro atoms. The second kappa shape index (κ2) is 4.26. The number of hydrogen-bond donors (Lipinski definition) is 2. The number of rotatable bonds is 3. The van der Waals surface area contributed by atoms with Gasteiger partial charge in [0.2, 0.25) is 0 Å². The van der Waals surface area contributed by atoms with Crippen molar-refractivity contribution in [3.05, 3.63) is 0 Å². The maximum atomic E-state index is 11.5. The fourth-order valence-corrected chi connectivity index (χ4v) is 3.98. The number of aliphatic hydroxyl groups excluding tert-OH is 1. The average molecular weight is 266 g/mol. The predicted molar refractivity (Wildman–Crippen MR) is 55.9 cm³/mol. The van der Waals surface area contributed by atoms with Crippen molar-refractivity contribution < 1.29 is 33.0 Å². The summed E-state index contributed by atoms with van der Waals surface area (Å²) in [4.78, 5) is 22.7. The smallest absolute Gasteiger partial charge is 0.323 e. The first-order valence-electron chi connectivity index (χ1n) is 4.85. The van der Waals surface area contributed by atoms with Crippen LogP contribution >= 0.6 is 0 Å². The third-order valence-corrected chi connectivity index (χ3v) is 4.83. The monoisotopic (exact) mass is 266 g/mol. The Labute approximate surface area is 98.3 Å². The largest absolute Gasteiger partial charge is 0.480 e. The molecule has 1 aliphatic heterocycles. The molecule has 0 aromatic heterocycles. The number of sulfone groups is 1. The van der Waals surface area contributed by atoms with Gasteiger partial charge in [0.05, 0.1) is 24.7 Å². The summed E-state index contributed by atoms with van der Waals surface area (Å²) in [7, 11) is -2.51. The molecule has 8 heteroatoms. The molecular weight excluding hydrogens is 252 g/mol. The van der Waals surface area contributed by atoms with Crippen molar-refractivity contribution >= 4 is 21.8 Å². The van der Waals surface area contributed by atoms with Crippen LogP contribution in [-0.4, -0.2) is 55.3 Å². The second-order valence-electron chi connectivity index (χ2n) is 4.25. The average Bonchev–Trinajstić information content (AvgIpc) is 2.49. The van der Waals surface area contributed by atoms with E-state index in [0.29, 0.717) is 0 Å². The van der Waals surface area contributed by atoms with Crippen LogP contribution in [0, 0.1) is 11.3 Å². The van der Waals surface area contributed by atoms with E-state index in [-0.39, 0.29) is 0 Å². The van der Waals surface area contributed by atoms with Gasteiger partial charge in [-0.15, -0.1) is 0 Å². The summed E-state index contributed by atoms with van der Waals surface area (Å²) in [6.07, 6.45) is -1.37. The summed E-state index contributed by atoms with van der Waals surface area (Å²) in [6.45, 7) is 1.07. The van der Waals surface area contributed by atoms with E-state index in [1.165, 1.54) is 0 Å². The lowest BCUT2D eigenvalue weighted by atomic mass is 9.75. The molecule has 0 amide bonds. The quantitative estimate of drug-likeness (QED) is 0.479. The number of aliphatic hydroxyl groups is 1. The second-order valence-corrected chi connectivity index (χ2v) is 6.40. The van der Waals surface area contributed by atoms with Gasteiger partial charge in [-0.2, -0.15) is 0 Å². The third-order valence-electron chi connectivity index (χ3n) is 3.12. The lowest BCUT2D eigenvalue weighted by molar-refractivity contribution is -0.172. The van der Waals surface area contributed by atoms with Crippen molar-refractivity contribution in [2.24, 2.45) is 11.3 Å². The molecule has 1 heterocycles. The molecule has 7 nitrogen and oxygen atoms in total. The number of hydrogen-bond acceptors (Lipinski definition) is 6. The summed E-state index contributed by atoms with van der Waals surface area (Å²) < 4.78 is 27.0. The lowest BCUT2D eigenvalue weighted by Gasteiger charge is -2.29. The summed E-state index contributed by atoms with van der Waals surface area (Å²) in [5.74, 6) is -4.84. The number of carboxylic acid groups (broad SMARTS) is 1. The standard InChI is InChI=1S/C9H14O7S/c1-9(7(11)12,8(13)16-2)5-3-17(14,15)4-6(5)10/h5-6,10H,3-4H2,1-2H3,(H,11,12). The number of aliphatic carboxylic acids is 1. The summed E-state index contributed by atoms with van der Waals surface area (Å²) in [6, 6.07) is 0. The number of carbonyl (C=O) groups excluding carboxylic acids is 1. The van der Waals surface area contributed by atoms with Crippen LogP contribution in [0.4, 0.5) is 0 Å². The minimum Gasteiger partial charge on any atom is -0.480 e. The van der Waals surface area contributed by atoms with Crippen LogP contribution in [0.3, 0.4) is 0 Å². The SMILES string of the molecule is COC(=O)C(C)(C(=O)O)C1CS(=O)(=O)CC1O. The number of methoxy groups -OCH3 is 1. The molecule has 2 N–H and O–H groups in total. The van der Waals surface area contributed by atoms with Crippen LogP contribution in [0.2, 0.25) is 0 Å². The maximum Gasteiger partial charge on any atom is 0.323 e. The van der Waals surface area contributed by atoms with Crippen molar-refractivity contribution in [3.63, 3.8) is 0 Å². The van der Waals surface area contributed by atoms with E-state index in [9.17, 15) is 23.1 Å². The van der Waals surface area contributed by atoms with Gasteiger partial charge in [-0.3, -0.25) is 9.59 Å². The zero-order chi connectivity index (χ0) is 13.4. The molecule has 0 bridgehead atoms. The molecule has 1 fully saturated rings. The summed E-state index contributed by atoms with van der Waals surface area (Å²) in [5.41, 5.74) is -2.06. The number of carbonyl (C=O) groups is 2. The van der Waals surface area contributed by atoms with Gasteiger partial charge in [0.1, 0.15) is 0 Å². The van der Waals surface area contributed by atoms with E-state index in [0.717, 1.165) is 14.0 Å². The lowest BCUT2D eigenvalue weighted by Crippen LogP contribution is -2.48. The van der Waals surface area contributed by atoms with Crippen molar-refractivity contribution in [1.82, 2.24) is 0 Å². The van der Waals surface area contributed by atoms with E-state index in [4.69, 9.17) is 5.11 Å². The molecule has 0 aromatic rings. The highest BCUT2D eigenvalue weighted by Crippen LogP contribution is 2.37. The third kappa shape index (κ3) is 2.27. The van der Waals surface area contributed by atoms with Crippen molar-refractivity contribution in [3.8, 4) is 0 Å². The Morgan fingerprint density at radius 2 is 1.88 bits per heavy atom. The van der Waals surface area contributed by atoms with Crippen LogP contribution in [-0.2, 0) is 24.2 Å². The molecule has 0 radical (unpaired) electrons. The number of ether oxygens (including phenoxy) is 1. The highest BCUT2D eigenvalue weighted by molar-refractivity contribution is 7.91. The van der Waals surface area contributed by atoms with Gasteiger partial charge in [0.25, 0.3) is 0 Å². The molecule has 1 saturated heterocycles. The minimum atomic E-state index is -3.52. The van der Waals surface area contributed by atoms with E-state index in [2.05, 4.69) is 4.74 Å². The molecule has 0 aliphatic carbocycles. The van der Waals surface area contributed by atoms with Gasteiger partial charge >= 0.3 is 11.9 Å². The maximum absolute atomic E-state index is 11.5. The van der Waals surface area contributed by atoms with Crippen LogP contribution in [0.15, 0.2) is 0 Å². The topological polar surface area (TPSA) is 118 Å². The van der Waals surface area contributed by atoms with Gasteiger partial charge in [0, 0.05) is 5.92 Å². The summed E-state index contributed by atoms with van der Waals surface area (Å²) in [5, 5.41) is 18.7. The fourth-order valence-electron chi connectivity index (χ4n) is 1.99. The van der Waals surface area contributed by atoms with Gasteiger partial charge in [0.15, 0.2) is 15.3 Å². The molecule has 17 heavy (non-hydrogen) atoms. The van der Waals surface area contributed by atoms with Gasteiger partial charge < -0.3 is 14.9 Å². The van der Waals surface area contributed by atoms with E-state index >= 15 is 0 Å². The highest BCUT2D eigenvalue weighted by atomic mass is 32.2. The first kappa shape index (κ1) is 13.9. The van der Waals surface area contributed by atoms with E-state index in [1.54, 1.807) is 0 Å². The van der Waals surface area contributed by atoms with Crippen LogP contribution in [0.5, 0.6) is 0 Å². The van der Waals surface area contributed by atoms with Gasteiger partial charge in [-0.25, -0.2) is 8.42 Å². The highest BCUT2D eigenvalue weighted by Gasteiger charge is 2.56. The van der Waals surface area contributed by atoms with E-state index < -0.39 is 50.7 Å². The minimum absolute atomic E-state index is 0.530. The molecule has 1 aliphatic rings. The molecule has 0 saturated carbocycles.